The van der Waals surface area contributed by atoms with Crippen molar-refractivity contribution in [2.45, 2.75) is 26.2 Å². The summed E-state index contributed by atoms with van der Waals surface area (Å²) in [5.74, 6) is -1.25. The highest BCUT2D eigenvalue weighted by Crippen LogP contribution is 2.29. The lowest BCUT2D eigenvalue weighted by Gasteiger charge is -2.24. The van der Waals surface area contributed by atoms with Crippen LogP contribution in [0.5, 0.6) is 0 Å². The van der Waals surface area contributed by atoms with Gasteiger partial charge in [-0.05, 0) is 31.0 Å². The van der Waals surface area contributed by atoms with Crippen LogP contribution in [0.2, 0.25) is 0 Å². The van der Waals surface area contributed by atoms with Crippen molar-refractivity contribution in [2.75, 3.05) is 28.6 Å². The van der Waals surface area contributed by atoms with Gasteiger partial charge < -0.3 is 10.0 Å². The molecule has 1 aromatic rings. The maximum atomic E-state index is 12.0. The third-order valence-electron chi connectivity index (χ3n) is 3.65. The molecule has 0 spiro atoms. The van der Waals surface area contributed by atoms with Crippen molar-refractivity contribution in [2.24, 2.45) is 0 Å². The van der Waals surface area contributed by atoms with Crippen LogP contribution in [0.1, 0.15) is 36.5 Å². The van der Waals surface area contributed by atoms with Crippen LogP contribution in [0.4, 0.5) is 11.4 Å². The van der Waals surface area contributed by atoms with Gasteiger partial charge in [0.2, 0.25) is 15.9 Å². The van der Waals surface area contributed by atoms with Crippen molar-refractivity contribution in [3.05, 3.63) is 23.8 Å². The van der Waals surface area contributed by atoms with Crippen molar-refractivity contribution in [1.29, 1.82) is 0 Å². The first kappa shape index (κ1) is 17.3. The Kier molecular flexibility index (Phi) is 4.93. The minimum atomic E-state index is -3.54. The lowest BCUT2D eigenvalue weighted by atomic mass is 10.1. The summed E-state index contributed by atoms with van der Waals surface area (Å²) in [6.07, 6.45) is 2.78. The van der Waals surface area contributed by atoms with Gasteiger partial charge >= 0.3 is 5.97 Å². The minimum Gasteiger partial charge on any atom is -0.478 e. The van der Waals surface area contributed by atoms with E-state index in [1.165, 1.54) is 21.3 Å². The number of nitrogens with zero attached hydrogens (tertiary/aromatic N) is 2. The molecule has 1 heterocycles. The largest absolute Gasteiger partial charge is 0.478 e. The van der Waals surface area contributed by atoms with E-state index >= 15 is 0 Å². The number of anilines is 2. The summed E-state index contributed by atoms with van der Waals surface area (Å²) in [4.78, 5) is 24.8. The third-order valence-corrected chi connectivity index (χ3v) is 4.84. The topological polar surface area (TPSA) is 95.0 Å². The Hall–Kier alpha value is -2.09. The molecule has 0 unspecified atom stereocenters. The van der Waals surface area contributed by atoms with E-state index in [-0.39, 0.29) is 23.7 Å². The number of rotatable bonds is 6. The number of hydrogen-bond donors (Lipinski definition) is 1. The maximum Gasteiger partial charge on any atom is 0.335 e. The first-order valence-electron chi connectivity index (χ1n) is 7.40. The van der Waals surface area contributed by atoms with Gasteiger partial charge in [-0.15, -0.1) is 0 Å². The summed E-state index contributed by atoms with van der Waals surface area (Å²) in [6.45, 7) is 2.59. The molecule has 1 aromatic carbocycles. The smallest absolute Gasteiger partial charge is 0.335 e. The normalized spacial score (nSPS) is 15.0. The lowest BCUT2D eigenvalue weighted by Crippen LogP contribution is -2.31. The molecule has 0 saturated carbocycles. The second kappa shape index (κ2) is 6.57. The first-order chi connectivity index (χ1) is 10.7. The van der Waals surface area contributed by atoms with E-state index < -0.39 is 16.0 Å². The summed E-state index contributed by atoms with van der Waals surface area (Å²) in [6, 6.07) is 4.29. The molecule has 1 fully saturated rings. The van der Waals surface area contributed by atoms with Gasteiger partial charge in [-0.2, -0.15) is 0 Å². The fourth-order valence-corrected chi connectivity index (χ4v) is 3.63. The van der Waals surface area contributed by atoms with Crippen LogP contribution in [0.3, 0.4) is 0 Å². The zero-order valence-electron chi connectivity index (χ0n) is 13.2. The Morgan fingerprint density at radius 1 is 1.35 bits per heavy atom. The number of carboxylic acids is 1. The minimum absolute atomic E-state index is 0.0399. The number of sulfonamides is 1. The number of carbonyl (C=O) groups excluding carboxylic acids is 1. The first-order valence-corrected chi connectivity index (χ1v) is 9.25. The molecular formula is C15H20N2O5S. The highest BCUT2D eigenvalue weighted by Gasteiger charge is 2.25. The van der Waals surface area contributed by atoms with Crippen molar-refractivity contribution >= 4 is 33.3 Å². The average molecular weight is 340 g/mol. The lowest BCUT2D eigenvalue weighted by molar-refractivity contribution is -0.117. The number of amides is 1. The van der Waals surface area contributed by atoms with Crippen LogP contribution in [-0.2, 0) is 14.8 Å². The molecule has 2 rings (SSSR count). The molecule has 126 valence electrons. The summed E-state index contributed by atoms with van der Waals surface area (Å²) < 4.78 is 25.2. The van der Waals surface area contributed by atoms with E-state index in [4.69, 9.17) is 0 Å². The molecule has 0 aromatic heterocycles. The predicted octanol–water partition coefficient (Wildman–Crippen LogP) is 1.69. The van der Waals surface area contributed by atoms with Crippen LogP contribution < -0.4 is 9.21 Å². The Labute approximate surface area is 135 Å². The Balaban J connectivity index is 2.56. The van der Waals surface area contributed by atoms with Crippen molar-refractivity contribution in [1.82, 2.24) is 0 Å². The average Bonchev–Trinajstić information content (AvgIpc) is 2.89. The molecule has 0 aliphatic carbocycles. The summed E-state index contributed by atoms with van der Waals surface area (Å²) in [7, 11) is -3.54. The van der Waals surface area contributed by atoms with Gasteiger partial charge in [0.25, 0.3) is 0 Å². The van der Waals surface area contributed by atoms with Gasteiger partial charge in [0.1, 0.15) is 0 Å². The second-order valence-electron chi connectivity index (χ2n) is 5.53. The number of hydrogen-bond acceptors (Lipinski definition) is 4. The molecule has 0 radical (unpaired) electrons. The molecule has 23 heavy (non-hydrogen) atoms. The van der Waals surface area contributed by atoms with Crippen LogP contribution >= 0.6 is 0 Å². The molecule has 1 amide bonds. The van der Waals surface area contributed by atoms with E-state index in [9.17, 15) is 23.1 Å². The highest BCUT2D eigenvalue weighted by molar-refractivity contribution is 7.92. The number of aromatic carboxylic acids is 1. The summed E-state index contributed by atoms with van der Waals surface area (Å²) in [5.41, 5.74) is 0.651. The standard InChI is InChI=1S/C15H20N2O5S/c1-3-6-17(23(2,21)22)13-9-11(15(19)20)8-12(10-13)16-7-4-5-14(16)18/h8-10H,3-7H2,1-2H3,(H,19,20). The molecule has 1 saturated heterocycles. The van der Waals surface area contributed by atoms with E-state index in [0.717, 1.165) is 6.26 Å². The highest BCUT2D eigenvalue weighted by atomic mass is 32.2. The molecule has 7 nitrogen and oxygen atoms in total. The maximum absolute atomic E-state index is 12.0. The van der Waals surface area contributed by atoms with Gasteiger partial charge in [-0.1, -0.05) is 6.92 Å². The van der Waals surface area contributed by atoms with Crippen molar-refractivity contribution in [3.8, 4) is 0 Å². The van der Waals surface area contributed by atoms with Crippen LogP contribution in [0, 0.1) is 0 Å². The Morgan fingerprint density at radius 2 is 2.04 bits per heavy atom. The van der Waals surface area contributed by atoms with Crippen LogP contribution in [0.15, 0.2) is 18.2 Å². The van der Waals surface area contributed by atoms with E-state index in [0.29, 0.717) is 31.5 Å². The molecule has 8 heteroatoms. The van der Waals surface area contributed by atoms with Gasteiger partial charge in [0, 0.05) is 25.2 Å². The van der Waals surface area contributed by atoms with Gasteiger partial charge in [-0.25, -0.2) is 13.2 Å². The zero-order chi connectivity index (χ0) is 17.2. The molecule has 1 N–H and O–H groups in total. The number of carboxylic acid groups (broad SMARTS) is 1. The molecule has 0 atom stereocenters. The number of benzene rings is 1. The molecule has 1 aliphatic heterocycles. The van der Waals surface area contributed by atoms with Crippen molar-refractivity contribution in [3.63, 3.8) is 0 Å². The van der Waals surface area contributed by atoms with Gasteiger partial charge in [0.15, 0.2) is 0 Å². The second-order valence-corrected chi connectivity index (χ2v) is 7.43. The predicted molar refractivity (Wildman–Crippen MR) is 87.5 cm³/mol. The fraction of sp³-hybridized carbons (Fsp3) is 0.467. The number of carbonyl (C=O) groups is 2. The summed E-state index contributed by atoms with van der Waals surface area (Å²) in [5, 5.41) is 9.29. The Bertz CT molecular complexity index is 729. The van der Waals surface area contributed by atoms with E-state index in [1.807, 2.05) is 6.92 Å². The van der Waals surface area contributed by atoms with Gasteiger partial charge in [-0.3, -0.25) is 9.10 Å². The van der Waals surface area contributed by atoms with E-state index in [1.54, 1.807) is 6.07 Å². The van der Waals surface area contributed by atoms with Crippen molar-refractivity contribution < 1.29 is 23.1 Å². The van der Waals surface area contributed by atoms with Crippen LogP contribution in [-0.4, -0.2) is 44.7 Å². The SMILES string of the molecule is CCCN(c1cc(C(=O)O)cc(N2CCCC2=O)c1)S(C)(=O)=O. The zero-order valence-corrected chi connectivity index (χ0v) is 14.0. The van der Waals surface area contributed by atoms with E-state index in [2.05, 4.69) is 0 Å². The molecular weight excluding hydrogens is 320 g/mol. The molecule has 0 bridgehead atoms. The monoisotopic (exact) mass is 340 g/mol. The fourth-order valence-electron chi connectivity index (χ4n) is 2.63. The quantitative estimate of drug-likeness (QED) is 0.850. The summed E-state index contributed by atoms with van der Waals surface area (Å²) >= 11 is 0. The van der Waals surface area contributed by atoms with Crippen LogP contribution in [0.25, 0.3) is 0 Å². The third kappa shape index (κ3) is 3.82. The van der Waals surface area contributed by atoms with Gasteiger partial charge in [0.05, 0.1) is 17.5 Å². The Morgan fingerprint density at radius 3 is 2.52 bits per heavy atom. The molecule has 1 aliphatic rings.